The van der Waals surface area contributed by atoms with Gasteiger partial charge in [0.25, 0.3) is 0 Å². The molecule has 0 aliphatic carbocycles. The van der Waals surface area contributed by atoms with Crippen LogP contribution in [0.15, 0.2) is 115 Å². The summed E-state index contributed by atoms with van der Waals surface area (Å²) in [6, 6.07) is 39.8. The topological polar surface area (TPSA) is 3.24 Å². The Bertz CT molecular complexity index is 875. The summed E-state index contributed by atoms with van der Waals surface area (Å²) >= 11 is 0. The Morgan fingerprint density at radius 2 is 0.704 bits per heavy atom. The molecule has 0 saturated heterocycles. The lowest BCUT2D eigenvalue weighted by molar-refractivity contribution is 1.27. The van der Waals surface area contributed by atoms with Gasteiger partial charge in [0.15, 0.2) is 0 Å². The lowest BCUT2D eigenvalue weighted by atomic mass is 10.1. The van der Waals surface area contributed by atoms with Crippen molar-refractivity contribution in [3.8, 4) is 0 Å². The lowest BCUT2D eigenvalue weighted by Gasteiger charge is -2.25. The van der Waals surface area contributed by atoms with Crippen LogP contribution in [0.4, 0.5) is 17.1 Å². The molecule has 0 aromatic heterocycles. The molecule has 27 heavy (non-hydrogen) atoms. The number of aryl methyl sites for hydroxylation is 2. The second kappa shape index (κ2) is 9.40. The fourth-order valence-corrected chi connectivity index (χ4v) is 2.83. The Hall–Kier alpha value is -3.32. The molecule has 0 fully saturated rings. The van der Waals surface area contributed by atoms with Crippen LogP contribution in [-0.2, 0) is 0 Å². The van der Waals surface area contributed by atoms with Crippen molar-refractivity contribution in [1.82, 2.24) is 0 Å². The first kappa shape index (κ1) is 18.5. The Morgan fingerprint density at radius 1 is 0.370 bits per heavy atom. The second-order valence-electron chi connectivity index (χ2n) is 6.50. The molecule has 0 saturated carbocycles. The van der Waals surface area contributed by atoms with Gasteiger partial charge in [-0.15, -0.1) is 0 Å². The van der Waals surface area contributed by atoms with Gasteiger partial charge < -0.3 is 4.90 Å². The van der Waals surface area contributed by atoms with Gasteiger partial charge in [-0.05, 0) is 50.2 Å². The maximum absolute atomic E-state index is 2.26. The van der Waals surface area contributed by atoms with Crippen LogP contribution in [0.2, 0.25) is 0 Å². The molecule has 0 aliphatic rings. The summed E-state index contributed by atoms with van der Waals surface area (Å²) in [5, 5.41) is 0. The van der Waals surface area contributed by atoms with Crippen LogP contribution in [-0.4, -0.2) is 0 Å². The molecule has 0 bridgehead atoms. The van der Waals surface area contributed by atoms with Crippen molar-refractivity contribution >= 4 is 17.1 Å². The van der Waals surface area contributed by atoms with Crippen molar-refractivity contribution < 1.29 is 0 Å². The van der Waals surface area contributed by atoms with Gasteiger partial charge in [0, 0.05) is 17.1 Å². The highest BCUT2D eigenvalue weighted by Crippen LogP contribution is 2.33. The van der Waals surface area contributed by atoms with E-state index in [0.29, 0.717) is 0 Å². The fraction of sp³-hybridized carbons (Fsp3) is 0.0769. The number of hydrogen-bond acceptors (Lipinski definition) is 1. The fourth-order valence-electron chi connectivity index (χ4n) is 2.83. The van der Waals surface area contributed by atoms with Gasteiger partial charge >= 0.3 is 0 Å². The molecule has 0 unspecified atom stereocenters. The van der Waals surface area contributed by atoms with E-state index in [-0.39, 0.29) is 0 Å². The van der Waals surface area contributed by atoms with E-state index in [4.69, 9.17) is 0 Å². The molecule has 0 amide bonds. The van der Waals surface area contributed by atoms with Crippen molar-refractivity contribution in [1.29, 1.82) is 0 Å². The van der Waals surface area contributed by atoms with Crippen molar-refractivity contribution in [2.45, 2.75) is 13.8 Å². The van der Waals surface area contributed by atoms with Crippen molar-refractivity contribution in [2.75, 3.05) is 4.90 Å². The summed E-state index contributed by atoms with van der Waals surface area (Å²) in [6.45, 7) is 4.19. The highest BCUT2D eigenvalue weighted by atomic mass is 15.1. The normalized spacial score (nSPS) is 9.85. The van der Waals surface area contributed by atoms with Crippen molar-refractivity contribution in [2.24, 2.45) is 0 Å². The zero-order valence-corrected chi connectivity index (χ0v) is 15.9. The Balaban J connectivity index is 0.000000253. The van der Waals surface area contributed by atoms with E-state index in [2.05, 4.69) is 104 Å². The highest BCUT2D eigenvalue weighted by molar-refractivity contribution is 5.76. The van der Waals surface area contributed by atoms with Gasteiger partial charge in [-0.2, -0.15) is 0 Å². The molecule has 0 atom stereocenters. The quantitative estimate of drug-likeness (QED) is 0.370. The SMILES string of the molecule is Cc1ccc(N(c2ccccc2)c2ccccc2)cc1.Cc1ccccc1. The predicted molar refractivity (Wildman–Crippen MR) is 117 cm³/mol. The minimum Gasteiger partial charge on any atom is -0.311 e. The van der Waals surface area contributed by atoms with Gasteiger partial charge in [0.1, 0.15) is 0 Å². The third kappa shape index (κ3) is 5.32. The van der Waals surface area contributed by atoms with Crippen LogP contribution in [0.5, 0.6) is 0 Å². The van der Waals surface area contributed by atoms with Crippen molar-refractivity contribution in [3.63, 3.8) is 0 Å². The molecular weight excluding hydrogens is 326 g/mol. The van der Waals surface area contributed by atoms with Gasteiger partial charge in [0.2, 0.25) is 0 Å². The summed E-state index contributed by atoms with van der Waals surface area (Å²) in [4.78, 5) is 2.26. The Morgan fingerprint density at radius 3 is 1.07 bits per heavy atom. The molecule has 4 aromatic rings. The maximum atomic E-state index is 2.26. The minimum absolute atomic E-state index is 1.17. The maximum Gasteiger partial charge on any atom is 0.0461 e. The van der Waals surface area contributed by atoms with Crippen LogP contribution >= 0.6 is 0 Å². The van der Waals surface area contributed by atoms with Crippen LogP contribution in [0.1, 0.15) is 11.1 Å². The molecule has 0 heterocycles. The third-order valence-electron chi connectivity index (χ3n) is 4.26. The minimum atomic E-state index is 1.17. The zero-order chi connectivity index (χ0) is 18.9. The molecular formula is C26H25N. The van der Waals surface area contributed by atoms with Gasteiger partial charge in [-0.1, -0.05) is 90.0 Å². The summed E-state index contributed by atoms with van der Waals surface area (Å²) in [7, 11) is 0. The van der Waals surface area contributed by atoms with E-state index in [0.717, 1.165) is 0 Å². The Labute approximate surface area is 162 Å². The van der Waals surface area contributed by atoms with E-state index < -0.39 is 0 Å². The second-order valence-corrected chi connectivity index (χ2v) is 6.50. The smallest absolute Gasteiger partial charge is 0.0461 e. The predicted octanol–water partition coefficient (Wildman–Crippen LogP) is 7.46. The molecule has 0 N–H and O–H groups in total. The number of nitrogens with zero attached hydrogens (tertiary/aromatic N) is 1. The molecule has 1 nitrogen and oxygen atoms in total. The molecule has 0 radical (unpaired) electrons. The monoisotopic (exact) mass is 351 g/mol. The Kier molecular flexibility index (Phi) is 6.43. The van der Waals surface area contributed by atoms with E-state index in [1.807, 2.05) is 30.3 Å². The zero-order valence-electron chi connectivity index (χ0n) is 15.9. The highest BCUT2D eigenvalue weighted by Gasteiger charge is 2.10. The average molecular weight is 351 g/mol. The standard InChI is InChI=1S/C19H17N.C7H8/c1-16-12-14-19(15-13-16)20(17-8-4-2-5-9-17)18-10-6-3-7-11-18;1-7-5-3-2-4-6-7/h2-15H,1H3;2-6H,1H3. The van der Waals surface area contributed by atoms with Crippen LogP contribution < -0.4 is 4.90 Å². The number of benzene rings is 4. The van der Waals surface area contributed by atoms with E-state index in [1.165, 1.54) is 28.2 Å². The van der Waals surface area contributed by atoms with Crippen LogP contribution in [0, 0.1) is 13.8 Å². The van der Waals surface area contributed by atoms with Gasteiger partial charge in [0.05, 0.1) is 0 Å². The van der Waals surface area contributed by atoms with E-state index in [9.17, 15) is 0 Å². The first-order chi connectivity index (χ1) is 13.2. The lowest BCUT2D eigenvalue weighted by Crippen LogP contribution is -2.09. The average Bonchev–Trinajstić information content (AvgIpc) is 2.72. The first-order valence-electron chi connectivity index (χ1n) is 9.22. The summed E-state index contributed by atoms with van der Waals surface area (Å²) < 4.78 is 0. The summed E-state index contributed by atoms with van der Waals surface area (Å²) in [6.07, 6.45) is 0. The largest absolute Gasteiger partial charge is 0.311 e. The molecule has 4 rings (SSSR count). The van der Waals surface area contributed by atoms with Crippen LogP contribution in [0.3, 0.4) is 0 Å². The van der Waals surface area contributed by atoms with E-state index >= 15 is 0 Å². The van der Waals surface area contributed by atoms with Gasteiger partial charge in [-0.3, -0.25) is 0 Å². The third-order valence-corrected chi connectivity index (χ3v) is 4.26. The van der Waals surface area contributed by atoms with Crippen LogP contribution in [0.25, 0.3) is 0 Å². The molecule has 4 aromatic carbocycles. The number of rotatable bonds is 3. The van der Waals surface area contributed by atoms with Gasteiger partial charge in [-0.25, -0.2) is 0 Å². The number of hydrogen-bond donors (Lipinski definition) is 0. The molecule has 0 aliphatic heterocycles. The van der Waals surface area contributed by atoms with Crippen molar-refractivity contribution in [3.05, 3.63) is 126 Å². The number of anilines is 3. The summed E-state index contributed by atoms with van der Waals surface area (Å²) in [5.74, 6) is 0. The summed E-state index contributed by atoms with van der Waals surface area (Å²) in [5.41, 5.74) is 6.11. The number of para-hydroxylation sites is 2. The first-order valence-corrected chi connectivity index (χ1v) is 9.22. The van der Waals surface area contributed by atoms with E-state index in [1.54, 1.807) is 0 Å². The molecule has 0 spiro atoms. The molecule has 1 heteroatoms. The molecule has 134 valence electrons.